The molecule has 2 aliphatic heterocycles. The van der Waals surface area contributed by atoms with Gasteiger partial charge in [0.25, 0.3) is 0 Å². The molecular weight excluding hydrogens is 321 g/mol. The minimum atomic E-state index is -0.220. The van der Waals surface area contributed by atoms with Gasteiger partial charge in [-0.25, -0.2) is 4.39 Å². The second-order valence-corrected chi connectivity index (χ2v) is 6.82. The first kappa shape index (κ1) is 16.4. The number of hydroxylamine groups is 2. The predicted octanol–water partition coefficient (Wildman–Crippen LogP) is 4.09. The number of halogens is 1. The summed E-state index contributed by atoms with van der Waals surface area (Å²) in [5, 5.41) is 13.0. The highest BCUT2D eigenvalue weighted by Gasteiger charge is 2.27. The maximum absolute atomic E-state index is 13.2. The van der Waals surface area contributed by atoms with Gasteiger partial charge in [-0.3, -0.25) is 0 Å². The number of hydrogen-bond acceptors (Lipinski definition) is 4. The van der Waals surface area contributed by atoms with Crippen LogP contribution in [0.2, 0.25) is 0 Å². The largest absolute Gasteiger partial charge is 0.785 e. The molecule has 0 radical (unpaired) electrons. The van der Waals surface area contributed by atoms with Crippen molar-refractivity contribution in [2.45, 2.75) is 25.2 Å². The second-order valence-electron chi connectivity index (χ2n) is 6.82. The smallest absolute Gasteiger partial charge is 0.231 e. The van der Waals surface area contributed by atoms with E-state index >= 15 is 0 Å². The van der Waals surface area contributed by atoms with Gasteiger partial charge in [-0.2, -0.15) is 0 Å². The average Bonchev–Trinajstić information content (AvgIpc) is 3.09. The van der Waals surface area contributed by atoms with Crippen LogP contribution in [0.15, 0.2) is 42.5 Å². The van der Waals surface area contributed by atoms with Crippen LogP contribution in [-0.4, -0.2) is 24.9 Å². The van der Waals surface area contributed by atoms with Crippen molar-refractivity contribution in [1.82, 2.24) is 5.06 Å². The molecule has 0 amide bonds. The number of rotatable bonds is 4. The molecular formula is C20H21FNO3-. The number of benzene rings is 2. The average molecular weight is 342 g/mol. The number of fused-ring (bicyclic) bond motifs is 1. The molecule has 25 heavy (non-hydrogen) atoms. The van der Waals surface area contributed by atoms with Crippen molar-refractivity contribution in [1.29, 1.82) is 0 Å². The van der Waals surface area contributed by atoms with Crippen LogP contribution in [0.1, 0.15) is 29.9 Å². The van der Waals surface area contributed by atoms with Crippen molar-refractivity contribution in [2.75, 3.05) is 19.9 Å². The Morgan fingerprint density at radius 1 is 1.08 bits per heavy atom. The fraction of sp³-hybridized carbons (Fsp3) is 0.400. The summed E-state index contributed by atoms with van der Waals surface area (Å²) in [6, 6.07) is 12.7. The fourth-order valence-corrected chi connectivity index (χ4v) is 3.89. The molecule has 2 aliphatic rings. The summed E-state index contributed by atoms with van der Waals surface area (Å²) in [5.74, 6) is 1.93. The summed E-state index contributed by atoms with van der Waals surface area (Å²) in [6.45, 7) is 1.36. The zero-order valence-corrected chi connectivity index (χ0v) is 14.0. The zero-order chi connectivity index (χ0) is 17.2. The van der Waals surface area contributed by atoms with E-state index in [2.05, 4.69) is 6.07 Å². The van der Waals surface area contributed by atoms with E-state index in [-0.39, 0.29) is 18.5 Å². The fourth-order valence-electron chi connectivity index (χ4n) is 3.89. The van der Waals surface area contributed by atoms with Crippen molar-refractivity contribution in [2.24, 2.45) is 5.92 Å². The van der Waals surface area contributed by atoms with Gasteiger partial charge in [-0.15, -0.1) is 0 Å². The van der Waals surface area contributed by atoms with Crippen molar-refractivity contribution in [3.8, 4) is 11.5 Å². The maximum atomic E-state index is 13.2. The topological polar surface area (TPSA) is 44.8 Å². The molecule has 5 heteroatoms. The molecule has 0 unspecified atom stereocenters. The summed E-state index contributed by atoms with van der Waals surface area (Å²) in [4.78, 5) is 0. The molecule has 0 N–H and O–H groups in total. The van der Waals surface area contributed by atoms with Gasteiger partial charge in [-0.05, 0) is 79.6 Å². The SMILES string of the molecule is [O-]N1CC[C@@H](c2ccc(F)cc2)[C@H](CCc2ccc3c(c2)OCO3)C1. The minimum Gasteiger partial charge on any atom is -0.785 e. The Balaban J connectivity index is 1.47. The van der Waals surface area contributed by atoms with Crippen LogP contribution >= 0.6 is 0 Å². The molecule has 0 aliphatic carbocycles. The van der Waals surface area contributed by atoms with E-state index in [0.29, 0.717) is 19.0 Å². The second kappa shape index (κ2) is 7.02. The first-order valence-corrected chi connectivity index (χ1v) is 8.75. The van der Waals surface area contributed by atoms with Crippen LogP contribution in [0, 0.1) is 16.9 Å². The van der Waals surface area contributed by atoms with Crippen LogP contribution in [-0.2, 0) is 6.42 Å². The lowest BCUT2D eigenvalue weighted by atomic mass is 9.78. The van der Waals surface area contributed by atoms with Gasteiger partial charge >= 0.3 is 0 Å². The van der Waals surface area contributed by atoms with E-state index in [1.54, 1.807) is 0 Å². The number of ether oxygens (including phenoxy) is 2. The summed E-state index contributed by atoms with van der Waals surface area (Å²) in [5.41, 5.74) is 2.32. The molecule has 1 saturated heterocycles. The monoisotopic (exact) mass is 342 g/mol. The molecule has 2 heterocycles. The van der Waals surface area contributed by atoms with Gasteiger partial charge in [0.2, 0.25) is 6.79 Å². The molecule has 4 rings (SSSR count). The summed E-state index contributed by atoms with van der Waals surface area (Å²) in [6.07, 6.45) is 2.62. The van der Waals surface area contributed by atoms with Crippen molar-refractivity contribution < 1.29 is 13.9 Å². The molecule has 4 nitrogen and oxygen atoms in total. The summed E-state index contributed by atoms with van der Waals surface area (Å²) >= 11 is 0. The van der Waals surface area contributed by atoms with Gasteiger partial charge < -0.3 is 19.7 Å². The Bertz CT molecular complexity index is 734. The third-order valence-electron chi connectivity index (χ3n) is 5.24. The highest BCUT2D eigenvalue weighted by Crippen LogP contribution is 2.37. The van der Waals surface area contributed by atoms with Crippen LogP contribution < -0.4 is 9.47 Å². The Morgan fingerprint density at radius 3 is 2.72 bits per heavy atom. The van der Waals surface area contributed by atoms with Crippen molar-refractivity contribution >= 4 is 0 Å². The molecule has 2 atom stereocenters. The predicted molar refractivity (Wildman–Crippen MR) is 93.1 cm³/mol. The minimum absolute atomic E-state index is 0.220. The van der Waals surface area contributed by atoms with E-state index in [1.165, 1.54) is 17.7 Å². The number of piperidine rings is 1. The Labute approximate surface area is 146 Å². The van der Waals surface area contributed by atoms with Gasteiger partial charge in [0.05, 0.1) is 0 Å². The lowest BCUT2D eigenvalue weighted by Crippen LogP contribution is -2.36. The van der Waals surface area contributed by atoms with Crippen LogP contribution in [0.4, 0.5) is 4.39 Å². The van der Waals surface area contributed by atoms with Crippen LogP contribution in [0.3, 0.4) is 0 Å². The maximum Gasteiger partial charge on any atom is 0.231 e. The van der Waals surface area contributed by atoms with Crippen molar-refractivity contribution in [3.05, 3.63) is 64.6 Å². The zero-order valence-electron chi connectivity index (χ0n) is 14.0. The Kier molecular flexibility index (Phi) is 4.59. The molecule has 0 spiro atoms. The normalized spacial score (nSPS) is 23.0. The molecule has 132 valence electrons. The Hall–Kier alpha value is -2.11. The quantitative estimate of drug-likeness (QED) is 0.839. The van der Waals surface area contributed by atoms with Gasteiger partial charge in [0, 0.05) is 0 Å². The van der Waals surface area contributed by atoms with E-state index in [9.17, 15) is 9.60 Å². The lowest BCUT2D eigenvalue weighted by molar-refractivity contribution is 0.174. The first-order chi connectivity index (χ1) is 12.2. The summed E-state index contributed by atoms with van der Waals surface area (Å²) in [7, 11) is 0. The lowest BCUT2D eigenvalue weighted by Gasteiger charge is -2.42. The molecule has 0 bridgehead atoms. The number of hydrogen-bond donors (Lipinski definition) is 0. The van der Waals surface area contributed by atoms with Crippen molar-refractivity contribution in [3.63, 3.8) is 0 Å². The van der Waals surface area contributed by atoms with E-state index in [0.717, 1.165) is 41.4 Å². The molecule has 0 saturated carbocycles. The number of aryl methyl sites for hydroxylation is 1. The highest BCUT2D eigenvalue weighted by molar-refractivity contribution is 5.44. The summed E-state index contributed by atoms with van der Waals surface area (Å²) < 4.78 is 24.0. The first-order valence-electron chi connectivity index (χ1n) is 8.75. The van der Waals surface area contributed by atoms with Gasteiger partial charge in [-0.1, -0.05) is 18.2 Å². The van der Waals surface area contributed by atoms with E-state index in [4.69, 9.17) is 9.47 Å². The highest BCUT2D eigenvalue weighted by atomic mass is 19.1. The van der Waals surface area contributed by atoms with Crippen LogP contribution in [0.25, 0.3) is 0 Å². The molecule has 0 aromatic heterocycles. The third kappa shape index (κ3) is 3.62. The molecule has 2 aromatic rings. The van der Waals surface area contributed by atoms with Gasteiger partial charge in [0.15, 0.2) is 11.5 Å². The number of nitrogens with zero attached hydrogens (tertiary/aromatic N) is 1. The van der Waals surface area contributed by atoms with E-state index < -0.39 is 0 Å². The standard InChI is InChI=1S/C20H21FNO3/c21-17-6-4-15(5-7-17)18-9-10-22(23)12-16(18)3-1-14-2-8-19-20(11-14)25-13-24-19/h2,4-8,11,16,18H,1,3,9-10,12-13H2/q-1/t16-,18+/m1/s1. The van der Waals surface area contributed by atoms with E-state index in [1.807, 2.05) is 24.3 Å². The molecule has 2 aromatic carbocycles. The van der Waals surface area contributed by atoms with Gasteiger partial charge in [0.1, 0.15) is 5.82 Å². The third-order valence-corrected chi connectivity index (χ3v) is 5.24. The van der Waals surface area contributed by atoms with Crippen LogP contribution in [0.5, 0.6) is 11.5 Å². The molecule has 1 fully saturated rings. The Morgan fingerprint density at radius 2 is 1.88 bits per heavy atom.